The van der Waals surface area contributed by atoms with Crippen molar-refractivity contribution < 1.29 is 0 Å². The van der Waals surface area contributed by atoms with Gasteiger partial charge in [-0.2, -0.15) is 0 Å². The van der Waals surface area contributed by atoms with Gasteiger partial charge in [0.2, 0.25) is 0 Å². The van der Waals surface area contributed by atoms with E-state index in [-0.39, 0.29) is 0 Å². The number of nitrogens with zero attached hydrogens (tertiary/aromatic N) is 3. The molecule has 22 heavy (non-hydrogen) atoms. The fourth-order valence-corrected chi connectivity index (χ4v) is 2.76. The lowest BCUT2D eigenvalue weighted by Crippen LogP contribution is -2.33. The summed E-state index contributed by atoms with van der Waals surface area (Å²) in [5, 5.41) is 6.98. The van der Waals surface area contributed by atoms with Gasteiger partial charge < -0.3 is 10.6 Å². The predicted octanol–water partition coefficient (Wildman–Crippen LogP) is 2.57. The molecule has 3 heterocycles. The third-order valence-electron chi connectivity index (χ3n) is 4.27. The molecule has 1 atom stereocenters. The molecule has 0 saturated carbocycles. The van der Waals surface area contributed by atoms with Crippen molar-refractivity contribution in [2.75, 3.05) is 25.0 Å². The molecule has 1 aliphatic heterocycles. The Morgan fingerprint density at radius 1 is 1.32 bits per heavy atom. The van der Waals surface area contributed by atoms with Crippen molar-refractivity contribution >= 4 is 5.82 Å². The van der Waals surface area contributed by atoms with E-state index in [4.69, 9.17) is 4.98 Å². The summed E-state index contributed by atoms with van der Waals surface area (Å²) < 4.78 is 0. The van der Waals surface area contributed by atoms with Crippen molar-refractivity contribution in [1.29, 1.82) is 0 Å². The van der Waals surface area contributed by atoms with Crippen LogP contribution < -0.4 is 10.6 Å². The molecular formula is C17H23N5. The van der Waals surface area contributed by atoms with E-state index in [2.05, 4.69) is 27.5 Å². The molecule has 116 valence electrons. The second-order valence-electron chi connectivity index (χ2n) is 5.94. The molecule has 0 radical (unpaired) electrons. The quantitative estimate of drug-likeness (QED) is 0.908. The van der Waals surface area contributed by atoms with Gasteiger partial charge in [0, 0.05) is 35.8 Å². The van der Waals surface area contributed by atoms with Gasteiger partial charge in [-0.05, 0) is 57.8 Å². The van der Waals surface area contributed by atoms with Crippen LogP contribution in [0.3, 0.4) is 0 Å². The monoisotopic (exact) mass is 297 g/mol. The number of piperidine rings is 1. The molecule has 3 rings (SSSR count). The van der Waals surface area contributed by atoms with Gasteiger partial charge in [-0.1, -0.05) is 0 Å². The highest BCUT2D eigenvalue weighted by Crippen LogP contribution is 2.21. The number of hydrogen-bond donors (Lipinski definition) is 2. The Morgan fingerprint density at radius 3 is 2.95 bits per heavy atom. The summed E-state index contributed by atoms with van der Waals surface area (Å²) in [6.45, 7) is 7.30. The first kappa shape index (κ1) is 14.9. The van der Waals surface area contributed by atoms with E-state index in [0.717, 1.165) is 48.1 Å². The van der Waals surface area contributed by atoms with E-state index in [1.807, 2.05) is 19.1 Å². The average molecular weight is 297 g/mol. The normalized spacial score (nSPS) is 18.2. The van der Waals surface area contributed by atoms with E-state index in [1.54, 1.807) is 12.4 Å². The van der Waals surface area contributed by atoms with Gasteiger partial charge in [0.05, 0.1) is 0 Å². The van der Waals surface area contributed by atoms with E-state index in [1.165, 1.54) is 12.8 Å². The topological polar surface area (TPSA) is 62.7 Å². The minimum atomic E-state index is 0.672. The van der Waals surface area contributed by atoms with Gasteiger partial charge in [-0.15, -0.1) is 0 Å². The third-order valence-corrected chi connectivity index (χ3v) is 4.27. The van der Waals surface area contributed by atoms with Crippen LogP contribution in [-0.2, 0) is 0 Å². The van der Waals surface area contributed by atoms with Crippen molar-refractivity contribution in [2.24, 2.45) is 5.92 Å². The van der Waals surface area contributed by atoms with Crippen molar-refractivity contribution in [3.05, 3.63) is 35.8 Å². The van der Waals surface area contributed by atoms with Crippen molar-refractivity contribution in [1.82, 2.24) is 20.3 Å². The maximum absolute atomic E-state index is 4.71. The SMILES string of the molecule is Cc1nc(-c2cccnc2)nc(NCC2CCCNC2)c1C. The zero-order valence-electron chi connectivity index (χ0n) is 13.3. The van der Waals surface area contributed by atoms with E-state index in [0.29, 0.717) is 5.92 Å². The lowest BCUT2D eigenvalue weighted by molar-refractivity contribution is 0.392. The second-order valence-corrected chi connectivity index (χ2v) is 5.94. The number of aryl methyl sites for hydroxylation is 1. The summed E-state index contributed by atoms with van der Waals surface area (Å²) in [5.41, 5.74) is 3.09. The largest absolute Gasteiger partial charge is 0.369 e. The smallest absolute Gasteiger partial charge is 0.163 e. The fraction of sp³-hybridized carbons (Fsp3) is 0.471. The minimum absolute atomic E-state index is 0.672. The molecule has 2 aromatic rings. The van der Waals surface area contributed by atoms with Crippen LogP contribution in [-0.4, -0.2) is 34.6 Å². The molecule has 1 unspecified atom stereocenters. The summed E-state index contributed by atoms with van der Waals surface area (Å²) in [6, 6.07) is 3.90. The van der Waals surface area contributed by atoms with Gasteiger partial charge >= 0.3 is 0 Å². The molecular weight excluding hydrogens is 274 g/mol. The van der Waals surface area contributed by atoms with E-state index >= 15 is 0 Å². The Morgan fingerprint density at radius 2 is 2.23 bits per heavy atom. The molecule has 5 nitrogen and oxygen atoms in total. The van der Waals surface area contributed by atoms with Gasteiger partial charge in [0.1, 0.15) is 5.82 Å². The lowest BCUT2D eigenvalue weighted by atomic mass is 10.00. The first-order chi connectivity index (χ1) is 10.7. The van der Waals surface area contributed by atoms with Gasteiger partial charge in [-0.25, -0.2) is 9.97 Å². The first-order valence-electron chi connectivity index (χ1n) is 7.94. The molecule has 0 aromatic carbocycles. The summed E-state index contributed by atoms with van der Waals surface area (Å²) in [6.07, 6.45) is 6.10. The summed E-state index contributed by atoms with van der Waals surface area (Å²) in [4.78, 5) is 13.5. The van der Waals surface area contributed by atoms with Crippen molar-refractivity contribution in [2.45, 2.75) is 26.7 Å². The summed E-state index contributed by atoms with van der Waals surface area (Å²) in [5.74, 6) is 2.35. The number of hydrogen-bond acceptors (Lipinski definition) is 5. The summed E-state index contributed by atoms with van der Waals surface area (Å²) in [7, 11) is 0. The van der Waals surface area contributed by atoms with E-state index in [9.17, 15) is 0 Å². The summed E-state index contributed by atoms with van der Waals surface area (Å²) >= 11 is 0. The number of pyridine rings is 1. The predicted molar refractivity (Wildman–Crippen MR) is 88.8 cm³/mol. The van der Waals surface area contributed by atoms with Gasteiger partial charge in [0.15, 0.2) is 5.82 Å². The Kier molecular flexibility index (Phi) is 4.63. The van der Waals surface area contributed by atoms with Crippen LogP contribution in [0.1, 0.15) is 24.1 Å². The standard InChI is InChI=1S/C17H23N5/c1-12-13(2)21-17(15-6-4-8-19-11-15)22-16(12)20-10-14-5-3-7-18-9-14/h4,6,8,11,14,18H,3,5,7,9-10H2,1-2H3,(H,20,21,22). The van der Waals surface area contributed by atoms with Gasteiger partial charge in [0.25, 0.3) is 0 Å². The fourth-order valence-electron chi connectivity index (χ4n) is 2.76. The van der Waals surface area contributed by atoms with E-state index < -0.39 is 0 Å². The molecule has 2 aromatic heterocycles. The molecule has 1 saturated heterocycles. The molecule has 0 bridgehead atoms. The Labute approximate surface area is 131 Å². The van der Waals surface area contributed by atoms with Crippen LogP contribution in [0, 0.1) is 19.8 Å². The number of anilines is 1. The zero-order chi connectivity index (χ0) is 15.4. The number of aromatic nitrogens is 3. The first-order valence-corrected chi connectivity index (χ1v) is 7.94. The minimum Gasteiger partial charge on any atom is -0.369 e. The maximum Gasteiger partial charge on any atom is 0.163 e. The van der Waals surface area contributed by atoms with Crippen LogP contribution in [0.25, 0.3) is 11.4 Å². The van der Waals surface area contributed by atoms with Crippen LogP contribution in [0.4, 0.5) is 5.82 Å². The number of rotatable bonds is 4. The Balaban J connectivity index is 1.79. The molecule has 1 fully saturated rings. The van der Waals surface area contributed by atoms with Crippen LogP contribution in [0.2, 0.25) is 0 Å². The molecule has 1 aliphatic rings. The van der Waals surface area contributed by atoms with Crippen LogP contribution >= 0.6 is 0 Å². The molecule has 0 amide bonds. The zero-order valence-corrected chi connectivity index (χ0v) is 13.3. The molecule has 5 heteroatoms. The molecule has 2 N–H and O–H groups in total. The number of nitrogens with one attached hydrogen (secondary N) is 2. The van der Waals surface area contributed by atoms with Crippen molar-refractivity contribution in [3.63, 3.8) is 0 Å². The lowest BCUT2D eigenvalue weighted by Gasteiger charge is -2.23. The van der Waals surface area contributed by atoms with Crippen LogP contribution in [0.15, 0.2) is 24.5 Å². The Hall–Kier alpha value is -2.01. The van der Waals surface area contributed by atoms with Gasteiger partial charge in [-0.3, -0.25) is 4.98 Å². The highest BCUT2D eigenvalue weighted by Gasteiger charge is 2.15. The highest BCUT2D eigenvalue weighted by molar-refractivity contribution is 5.58. The highest BCUT2D eigenvalue weighted by atomic mass is 15.0. The maximum atomic E-state index is 4.71. The average Bonchev–Trinajstić information content (AvgIpc) is 2.58. The van der Waals surface area contributed by atoms with Crippen LogP contribution in [0.5, 0.6) is 0 Å². The Bertz CT molecular complexity index is 620. The second kappa shape index (κ2) is 6.83. The van der Waals surface area contributed by atoms with Crippen molar-refractivity contribution in [3.8, 4) is 11.4 Å². The molecule has 0 aliphatic carbocycles. The molecule has 0 spiro atoms. The third kappa shape index (κ3) is 3.42.